The van der Waals surface area contributed by atoms with E-state index in [4.69, 9.17) is 4.74 Å². The second-order valence-electron chi connectivity index (χ2n) is 4.54. The largest absolute Gasteiger partial charge is 0.376 e. The van der Waals surface area contributed by atoms with Crippen LogP contribution in [0.15, 0.2) is 0 Å². The predicted octanol–water partition coefficient (Wildman–Crippen LogP) is 0.655. The van der Waals surface area contributed by atoms with Gasteiger partial charge in [-0.25, -0.2) is 0 Å². The summed E-state index contributed by atoms with van der Waals surface area (Å²) in [5.41, 5.74) is 0. The summed E-state index contributed by atoms with van der Waals surface area (Å²) in [6, 6.07) is 0. The zero-order chi connectivity index (χ0) is 10.7. The van der Waals surface area contributed by atoms with E-state index in [1.54, 1.807) is 0 Å². The molecule has 2 atom stereocenters. The third kappa shape index (κ3) is 3.34. The predicted molar refractivity (Wildman–Crippen MR) is 64.8 cm³/mol. The number of likely N-dealkylation sites (N-methyl/N-ethyl adjacent to an activating group) is 1. The molecule has 0 spiro atoms. The molecule has 0 saturated carbocycles. The van der Waals surface area contributed by atoms with Crippen LogP contribution in [0.5, 0.6) is 0 Å². The standard InChI is InChI=1S/C11H20N2O2.ClH/c1-13(8-10-3-2-6-15-10)11(14)9-4-5-12-7-9;/h9-10,12H,2-8H2,1H3;1H/t9-,10?;/m1./s1. The SMILES string of the molecule is CN(CC1CCCO1)C(=O)[C@@H]1CCNC1.Cl. The second kappa shape index (κ2) is 6.42. The van der Waals surface area contributed by atoms with Crippen LogP contribution >= 0.6 is 12.4 Å². The number of halogens is 1. The number of carbonyl (C=O) groups is 1. The molecule has 2 saturated heterocycles. The molecule has 2 fully saturated rings. The molecule has 0 aromatic rings. The summed E-state index contributed by atoms with van der Waals surface area (Å²) in [5.74, 6) is 0.465. The van der Waals surface area contributed by atoms with Crippen LogP contribution in [-0.2, 0) is 9.53 Å². The van der Waals surface area contributed by atoms with Gasteiger partial charge in [0.05, 0.1) is 12.0 Å². The molecule has 1 amide bonds. The normalized spacial score (nSPS) is 28.8. The molecule has 16 heavy (non-hydrogen) atoms. The zero-order valence-electron chi connectivity index (χ0n) is 9.78. The van der Waals surface area contributed by atoms with Gasteiger partial charge in [-0.05, 0) is 25.8 Å². The van der Waals surface area contributed by atoms with Gasteiger partial charge in [0.25, 0.3) is 0 Å². The van der Waals surface area contributed by atoms with Gasteiger partial charge in [0.1, 0.15) is 0 Å². The summed E-state index contributed by atoms with van der Waals surface area (Å²) in [7, 11) is 1.89. The average Bonchev–Trinajstić information content (AvgIpc) is 2.88. The van der Waals surface area contributed by atoms with Crippen molar-refractivity contribution in [1.29, 1.82) is 0 Å². The number of hydrogen-bond donors (Lipinski definition) is 1. The number of amides is 1. The third-order valence-electron chi connectivity index (χ3n) is 3.29. The van der Waals surface area contributed by atoms with Gasteiger partial charge in [0.2, 0.25) is 5.91 Å². The molecular formula is C11H21ClN2O2. The van der Waals surface area contributed by atoms with Gasteiger partial charge in [0.15, 0.2) is 0 Å². The van der Waals surface area contributed by atoms with Crippen molar-refractivity contribution in [2.24, 2.45) is 5.92 Å². The highest BCUT2D eigenvalue weighted by molar-refractivity contribution is 5.85. The summed E-state index contributed by atoms with van der Waals surface area (Å²) in [4.78, 5) is 13.8. The van der Waals surface area contributed by atoms with Gasteiger partial charge in [-0.15, -0.1) is 12.4 Å². The van der Waals surface area contributed by atoms with E-state index in [2.05, 4.69) is 5.32 Å². The zero-order valence-corrected chi connectivity index (χ0v) is 10.6. The Morgan fingerprint density at radius 3 is 2.88 bits per heavy atom. The summed E-state index contributed by atoms with van der Waals surface area (Å²) >= 11 is 0. The highest BCUT2D eigenvalue weighted by Crippen LogP contribution is 2.15. The van der Waals surface area contributed by atoms with Crippen molar-refractivity contribution in [1.82, 2.24) is 10.2 Å². The Bertz CT molecular complexity index is 226. The minimum Gasteiger partial charge on any atom is -0.376 e. The van der Waals surface area contributed by atoms with Crippen molar-refractivity contribution in [3.05, 3.63) is 0 Å². The van der Waals surface area contributed by atoms with Crippen LogP contribution in [0.2, 0.25) is 0 Å². The first-order valence-corrected chi connectivity index (χ1v) is 5.84. The van der Waals surface area contributed by atoms with Crippen LogP contribution < -0.4 is 5.32 Å². The molecule has 0 radical (unpaired) electrons. The smallest absolute Gasteiger partial charge is 0.226 e. The molecule has 4 nitrogen and oxygen atoms in total. The maximum atomic E-state index is 12.0. The number of carbonyl (C=O) groups excluding carboxylic acids is 1. The molecule has 0 bridgehead atoms. The third-order valence-corrected chi connectivity index (χ3v) is 3.29. The molecule has 0 aromatic carbocycles. The van der Waals surface area contributed by atoms with Crippen LogP contribution in [0.1, 0.15) is 19.3 Å². The fourth-order valence-electron chi connectivity index (χ4n) is 2.36. The first-order valence-electron chi connectivity index (χ1n) is 5.84. The van der Waals surface area contributed by atoms with E-state index in [0.29, 0.717) is 0 Å². The molecule has 0 aliphatic carbocycles. The highest BCUT2D eigenvalue weighted by Gasteiger charge is 2.27. The van der Waals surface area contributed by atoms with Gasteiger partial charge in [-0.3, -0.25) is 4.79 Å². The van der Waals surface area contributed by atoms with Crippen molar-refractivity contribution in [3.8, 4) is 0 Å². The Morgan fingerprint density at radius 2 is 2.31 bits per heavy atom. The number of rotatable bonds is 3. The lowest BCUT2D eigenvalue weighted by Crippen LogP contribution is -2.38. The van der Waals surface area contributed by atoms with Crippen LogP contribution in [0.25, 0.3) is 0 Å². The van der Waals surface area contributed by atoms with E-state index in [0.717, 1.165) is 45.5 Å². The second-order valence-corrected chi connectivity index (χ2v) is 4.54. The van der Waals surface area contributed by atoms with E-state index >= 15 is 0 Å². The van der Waals surface area contributed by atoms with E-state index in [1.165, 1.54) is 0 Å². The quantitative estimate of drug-likeness (QED) is 0.798. The Balaban J connectivity index is 0.00000128. The fraction of sp³-hybridized carbons (Fsp3) is 0.909. The van der Waals surface area contributed by atoms with Gasteiger partial charge < -0.3 is 15.0 Å². The number of nitrogens with one attached hydrogen (secondary N) is 1. The number of ether oxygens (including phenoxy) is 1. The van der Waals surface area contributed by atoms with Crippen LogP contribution in [-0.4, -0.2) is 50.2 Å². The molecule has 1 unspecified atom stereocenters. The molecule has 1 N–H and O–H groups in total. The fourth-order valence-corrected chi connectivity index (χ4v) is 2.36. The first-order chi connectivity index (χ1) is 7.27. The number of hydrogen-bond acceptors (Lipinski definition) is 3. The molecule has 0 aromatic heterocycles. The monoisotopic (exact) mass is 248 g/mol. The van der Waals surface area contributed by atoms with Crippen LogP contribution in [0.3, 0.4) is 0 Å². The Morgan fingerprint density at radius 1 is 1.50 bits per heavy atom. The van der Waals surface area contributed by atoms with E-state index in [-0.39, 0.29) is 30.3 Å². The average molecular weight is 249 g/mol. The molecule has 5 heteroatoms. The maximum absolute atomic E-state index is 12.0. The lowest BCUT2D eigenvalue weighted by Gasteiger charge is -2.23. The van der Waals surface area contributed by atoms with E-state index < -0.39 is 0 Å². The molecule has 94 valence electrons. The summed E-state index contributed by atoms with van der Waals surface area (Å²) in [6.07, 6.45) is 3.49. The topological polar surface area (TPSA) is 41.6 Å². The van der Waals surface area contributed by atoms with E-state index in [9.17, 15) is 4.79 Å². The number of nitrogens with zero attached hydrogens (tertiary/aromatic N) is 1. The van der Waals surface area contributed by atoms with Gasteiger partial charge >= 0.3 is 0 Å². The Labute approximate surface area is 103 Å². The lowest BCUT2D eigenvalue weighted by atomic mass is 10.1. The van der Waals surface area contributed by atoms with Gasteiger partial charge in [-0.2, -0.15) is 0 Å². The minimum atomic E-state index is 0. The first kappa shape index (κ1) is 13.7. The molecule has 2 aliphatic heterocycles. The molecule has 2 heterocycles. The van der Waals surface area contributed by atoms with Crippen molar-refractivity contribution in [2.45, 2.75) is 25.4 Å². The summed E-state index contributed by atoms with van der Waals surface area (Å²) in [6.45, 7) is 3.44. The lowest BCUT2D eigenvalue weighted by molar-refractivity contribution is -0.134. The van der Waals surface area contributed by atoms with Gasteiger partial charge in [-0.1, -0.05) is 0 Å². The maximum Gasteiger partial charge on any atom is 0.226 e. The molecular weight excluding hydrogens is 228 g/mol. The Kier molecular flexibility index (Phi) is 5.52. The molecule has 2 rings (SSSR count). The van der Waals surface area contributed by atoms with Crippen molar-refractivity contribution >= 4 is 18.3 Å². The Hall–Kier alpha value is -0.320. The van der Waals surface area contributed by atoms with Crippen LogP contribution in [0, 0.1) is 5.92 Å². The highest BCUT2D eigenvalue weighted by atomic mass is 35.5. The van der Waals surface area contributed by atoms with Crippen molar-refractivity contribution in [3.63, 3.8) is 0 Å². The van der Waals surface area contributed by atoms with E-state index in [1.807, 2.05) is 11.9 Å². The van der Waals surface area contributed by atoms with Crippen molar-refractivity contribution in [2.75, 3.05) is 33.3 Å². The van der Waals surface area contributed by atoms with Gasteiger partial charge in [0, 0.05) is 26.7 Å². The van der Waals surface area contributed by atoms with Crippen LogP contribution in [0.4, 0.5) is 0 Å². The minimum absolute atomic E-state index is 0. The molecule has 2 aliphatic rings. The summed E-state index contributed by atoms with van der Waals surface area (Å²) < 4.78 is 5.53. The van der Waals surface area contributed by atoms with Crippen molar-refractivity contribution < 1.29 is 9.53 Å². The summed E-state index contributed by atoms with van der Waals surface area (Å²) in [5, 5.41) is 3.22.